The fourth-order valence-electron chi connectivity index (χ4n) is 2.39. The molecule has 2 heterocycles. The lowest BCUT2D eigenvalue weighted by Gasteiger charge is -2.05. The molecule has 0 aliphatic heterocycles. The molecule has 3 aromatic rings. The van der Waals surface area contributed by atoms with Crippen LogP contribution in [0.3, 0.4) is 0 Å². The Morgan fingerprint density at radius 2 is 2.08 bits per heavy atom. The third-order valence-electron chi connectivity index (χ3n) is 3.80. The van der Waals surface area contributed by atoms with Gasteiger partial charge in [-0.2, -0.15) is 4.98 Å². The summed E-state index contributed by atoms with van der Waals surface area (Å²) in [6.07, 6.45) is 2.52. The molecule has 0 bridgehead atoms. The van der Waals surface area contributed by atoms with Gasteiger partial charge in [-0.05, 0) is 42.0 Å². The van der Waals surface area contributed by atoms with Gasteiger partial charge in [0.15, 0.2) is 5.82 Å². The Morgan fingerprint density at radius 3 is 2.83 bits per heavy atom. The SMILES string of the molecule is O=C(Cc1ccc(Cl)cc1)Nc1ccsc1-c1nc(C2CC2)no1. The van der Waals surface area contributed by atoms with Crippen molar-refractivity contribution in [2.75, 3.05) is 5.32 Å². The molecule has 5 nitrogen and oxygen atoms in total. The first kappa shape index (κ1) is 15.4. The molecule has 7 heteroatoms. The van der Waals surface area contributed by atoms with Gasteiger partial charge in [0.2, 0.25) is 5.91 Å². The van der Waals surface area contributed by atoms with Gasteiger partial charge in [0.25, 0.3) is 5.89 Å². The van der Waals surface area contributed by atoms with Crippen LogP contribution in [0.25, 0.3) is 10.8 Å². The van der Waals surface area contributed by atoms with Gasteiger partial charge in [-0.25, -0.2) is 0 Å². The second kappa shape index (κ2) is 6.37. The summed E-state index contributed by atoms with van der Waals surface area (Å²) in [5.41, 5.74) is 1.60. The molecular formula is C17H14ClN3O2S. The van der Waals surface area contributed by atoms with E-state index in [-0.39, 0.29) is 12.3 Å². The number of hydrogen-bond acceptors (Lipinski definition) is 5. The Kier molecular flexibility index (Phi) is 4.08. The van der Waals surface area contributed by atoms with Gasteiger partial charge < -0.3 is 9.84 Å². The van der Waals surface area contributed by atoms with Gasteiger partial charge in [0.1, 0.15) is 4.88 Å². The van der Waals surface area contributed by atoms with Gasteiger partial charge in [-0.1, -0.05) is 28.9 Å². The summed E-state index contributed by atoms with van der Waals surface area (Å²) in [4.78, 5) is 17.5. The molecule has 1 aliphatic rings. The molecule has 0 atom stereocenters. The summed E-state index contributed by atoms with van der Waals surface area (Å²) in [7, 11) is 0. The van der Waals surface area contributed by atoms with Crippen molar-refractivity contribution in [2.24, 2.45) is 0 Å². The maximum Gasteiger partial charge on any atom is 0.270 e. The molecule has 1 amide bonds. The average molecular weight is 360 g/mol. The summed E-state index contributed by atoms with van der Waals surface area (Å²) >= 11 is 7.33. The third kappa shape index (κ3) is 3.34. The summed E-state index contributed by atoms with van der Waals surface area (Å²) < 4.78 is 5.35. The second-order valence-electron chi connectivity index (χ2n) is 5.75. The molecule has 0 radical (unpaired) electrons. The maximum atomic E-state index is 12.3. The monoisotopic (exact) mass is 359 g/mol. The molecule has 1 fully saturated rings. The minimum atomic E-state index is -0.0982. The number of carbonyl (C=O) groups is 1. The van der Waals surface area contributed by atoms with E-state index < -0.39 is 0 Å². The van der Waals surface area contributed by atoms with E-state index in [1.807, 2.05) is 23.6 Å². The topological polar surface area (TPSA) is 68.0 Å². The molecule has 0 saturated heterocycles. The zero-order chi connectivity index (χ0) is 16.5. The number of halogens is 1. The van der Waals surface area contributed by atoms with Crippen molar-refractivity contribution in [1.82, 2.24) is 10.1 Å². The van der Waals surface area contributed by atoms with Crippen molar-refractivity contribution in [2.45, 2.75) is 25.2 Å². The van der Waals surface area contributed by atoms with Gasteiger partial charge in [-0.3, -0.25) is 4.79 Å². The van der Waals surface area contributed by atoms with Crippen LogP contribution in [0, 0.1) is 0 Å². The largest absolute Gasteiger partial charge is 0.333 e. The first-order valence-corrected chi connectivity index (χ1v) is 8.90. The van der Waals surface area contributed by atoms with Crippen LogP contribution in [0.4, 0.5) is 5.69 Å². The van der Waals surface area contributed by atoms with Gasteiger partial charge >= 0.3 is 0 Å². The highest BCUT2D eigenvalue weighted by molar-refractivity contribution is 7.14. The number of carbonyl (C=O) groups excluding carboxylic acids is 1. The normalized spacial score (nSPS) is 13.9. The van der Waals surface area contributed by atoms with E-state index in [0.29, 0.717) is 22.5 Å². The predicted octanol–water partition coefficient (Wildman–Crippen LogP) is 4.51. The van der Waals surface area contributed by atoms with Crippen molar-refractivity contribution in [1.29, 1.82) is 0 Å². The van der Waals surface area contributed by atoms with Crippen LogP contribution in [0.1, 0.15) is 30.1 Å². The smallest absolute Gasteiger partial charge is 0.270 e. The van der Waals surface area contributed by atoms with E-state index in [2.05, 4.69) is 15.5 Å². The molecule has 1 saturated carbocycles. The van der Waals surface area contributed by atoms with Crippen LogP contribution in [0.2, 0.25) is 5.02 Å². The number of nitrogens with one attached hydrogen (secondary N) is 1. The Hall–Kier alpha value is -2.18. The van der Waals surface area contributed by atoms with E-state index in [4.69, 9.17) is 16.1 Å². The highest BCUT2D eigenvalue weighted by Crippen LogP contribution is 2.40. The van der Waals surface area contributed by atoms with Crippen LogP contribution in [-0.4, -0.2) is 16.0 Å². The van der Waals surface area contributed by atoms with Crippen molar-refractivity contribution in [3.8, 4) is 10.8 Å². The minimum Gasteiger partial charge on any atom is -0.333 e. The Labute approximate surface area is 147 Å². The Morgan fingerprint density at radius 1 is 1.29 bits per heavy atom. The fourth-order valence-corrected chi connectivity index (χ4v) is 3.29. The highest BCUT2D eigenvalue weighted by Gasteiger charge is 2.29. The minimum absolute atomic E-state index is 0.0982. The molecule has 0 spiro atoms. The Balaban J connectivity index is 1.47. The van der Waals surface area contributed by atoms with Crippen LogP contribution >= 0.6 is 22.9 Å². The first-order chi connectivity index (χ1) is 11.7. The maximum absolute atomic E-state index is 12.3. The van der Waals surface area contributed by atoms with Crippen molar-refractivity contribution in [3.05, 3.63) is 52.1 Å². The third-order valence-corrected chi connectivity index (χ3v) is 4.95. The molecule has 4 rings (SSSR count). The van der Waals surface area contributed by atoms with Crippen LogP contribution < -0.4 is 5.32 Å². The number of benzene rings is 1. The van der Waals surface area contributed by atoms with E-state index in [9.17, 15) is 4.79 Å². The summed E-state index contributed by atoms with van der Waals surface area (Å²) in [6.45, 7) is 0. The standard InChI is InChI=1S/C17H14ClN3O2S/c18-12-5-1-10(2-6-12)9-14(22)19-13-7-8-24-15(13)17-20-16(21-23-17)11-3-4-11/h1-2,5-8,11H,3-4,9H2,(H,19,22). The van der Waals surface area contributed by atoms with Crippen LogP contribution in [0.5, 0.6) is 0 Å². The number of hydrogen-bond donors (Lipinski definition) is 1. The molecule has 122 valence electrons. The number of thiophene rings is 1. The van der Waals surface area contributed by atoms with E-state index >= 15 is 0 Å². The quantitative estimate of drug-likeness (QED) is 0.727. The first-order valence-electron chi connectivity index (χ1n) is 7.65. The van der Waals surface area contributed by atoms with Crippen molar-refractivity contribution in [3.63, 3.8) is 0 Å². The van der Waals surface area contributed by atoms with Gasteiger partial charge in [0.05, 0.1) is 12.1 Å². The average Bonchev–Trinajstić information content (AvgIpc) is 3.12. The molecule has 1 aromatic carbocycles. The van der Waals surface area contributed by atoms with Crippen LogP contribution in [-0.2, 0) is 11.2 Å². The summed E-state index contributed by atoms with van der Waals surface area (Å²) in [5, 5.41) is 9.49. The van der Waals surface area contributed by atoms with Crippen molar-refractivity contribution >= 4 is 34.5 Å². The zero-order valence-corrected chi connectivity index (χ0v) is 14.2. The molecular weight excluding hydrogens is 346 g/mol. The molecule has 0 unspecified atom stereocenters. The second-order valence-corrected chi connectivity index (χ2v) is 7.10. The summed E-state index contributed by atoms with van der Waals surface area (Å²) in [6, 6.07) is 9.09. The number of nitrogens with zero attached hydrogens (tertiary/aromatic N) is 2. The number of rotatable bonds is 5. The lowest BCUT2D eigenvalue weighted by atomic mass is 10.1. The highest BCUT2D eigenvalue weighted by atomic mass is 35.5. The van der Waals surface area contributed by atoms with E-state index in [1.165, 1.54) is 11.3 Å². The van der Waals surface area contributed by atoms with Gasteiger partial charge in [-0.15, -0.1) is 11.3 Å². The van der Waals surface area contributed by atoms with Crippen molar-refractivity contribution < 1.29 is 9.32 Å². The van der Waals surface area contributed by atoms with E-state index in [1.54, 1.807) is 12.1 Å². The number of amides is 1. The number of anilines is 1. The molecule has 24 heavy (non-hydrogen) atoms. The Bertz CT molecular complexity index is 868. The number of aromatic nitrogens is 2. The van der Waals surface area contributed by atoms with Crippen LogP contribution in [0.15, 0.2) is 40.2 Å². The predicted molar refractivity (Wildman–Crippen MR) is 93.4 cm³/mol. The molecule has 1 N–H and O–H groups in total. The fraction of sp³-hybridized carbons (Fsp3) is 0.235. The van der Waals surface area contributed by atoms with Gasteiger partial charge in [0, 0.05) is 10.9 Å². The molecule has 2 aromatic heterocycles. The lowest BCUT2D eigenvalue weighted by molar-refractivity contribution is -0.115. The zero-order valence-electron chi connectivity index (χ0n) is 12.7. The van der Waals surface area contributed by atoms with E-state index in [0.717, 1.165) is 29.1 Å². The molecule has 1 aliphatic carbocycles. The summed E-state index contributed by atoms with van der Waals surface area (Å²) in [5.74, 6) is 1.56. The lowest BCUT2D eigenvalue weighted by Crippen LogP contribution is -2.14.